The third kappa shape index (κ3) is 4.19. The number of benzene rings is 2. The van der Waals surface area contributed by atoms with Crippen LogP contribution in [0.15, 0.2) is 48.5 Å². The van der Waals surface area contributed by atoms with E-state index in [9.17, 15) is 19.7 Å². The van der Waals surface area contributed by atoms with Gasteiger partial charge in [-0.25, -0.2) is 9.48 Å². The van der Waals surface area contributed by atoms with Crippen molar-refractivity contribution in [3.05, 3.63) is 81.2 Å². The summed E-state index contributed by atoms with van der Waals surface area (Å²) >= 11 is 0. The monoisotopic (exact) mass is 408 g/mol. The highest BCUT2D eigenvalue weighted by atomic mass is 16.6. The number of hydrogen-bond donors (Lipinski definition) is 1. The first-order chi connectivity index (χ1) is 14.3. The van der Waals surface area contributed by atoms with Crippen LogP contribution in [0.25, 0.3) is 5.69 Å². The molecule has 0 unspecified atom stereocenters. The third-order valence-electron chi connectivity index (χ3n) is 4.54. The number of esters is 1. The number of rotatable bonds is 6. The van der Waals surface area contributed by atoms with E-state index in [0.717, 1.165) is 5.69 Å². The van der Waals surface area contributed by atoms with E-state index in [1.54, 1.807) is 31.5 Å². The topological polar surface area (TPSA) is 116 Å². The van der Waals surface area contributed by atoms with Gasteiger partial charge in [0.05, 0.1) is 22.0 Å². The van der Waals surface area contributed by atoms with Crippen molar-refractivity contribution in [1.29, 1.82) is 0 Å². The largest absolute Gasteiger partial charge is 0.452 e. The minimum absolute atomic E-state index is 0.0767. The van der Waals surface area contributed by atoms with Crippen LogP contribution >= 0.6 is 0 Å². The summed E-state index contributed by atoms with van der Waals surface area (Å²) in [5.74, 6) is -1.37. The molecule has 0 saturated heterocycles. The number of nitrogens with zero attached hydrogens (tertiary/aromatic N) is 3. The molecule has 1 amide bonds. The van der Waals surface area contributed by atoms with E-state index in [0.29, 0.717) is 17.0 Å². The maximum Gasteiger partial charge on any atom is 0.342 e. The fraction of sp³-hybridized carbons (Fsp3) is 0.190. The van der Waals surface area contributed by atoms with Gasteiger partial charge < -0.3 is 10.1 Å². The molecule has 0 aliphatic rings. The van der Waals surface area contributed by atoms with Crippen LogP contribution in [-0.2, 0) is 9.53 Å². The van der Waals surface area contributed by atoms with Gasteiger partial charge in [-0.05, 0) is 38.5 Å². The summed E-state index contributed by atoms with van der Waals surface area (Å²) in [6.45, 7) is 4.47. The predicted molar refractivity (Wildman–Crippen MR) is 110 cm³/mol. The second kappa shape index (κ2) is 8.56. The summed E-state index contributed by atoms with van der Waals surface area (Å²) in [6, 6.07) is 13.8. The van der Waals surface area contributed by atoms with Gasteiger partial charge in [-0.1, -0.05) is 30.3 Å². The average Bonchev–Trinajstić information content (AvgIpc) is 3.02. The van der Waals surface area contributed by atoms with Crippen molar-refractivity contribution in [1.82, 2.24) is 9.78 Å². The van der Waals surface area contributed by atoms with Gasteiger partial charge in [-0.3, -0.25) is 14.9 Å². The lowest BCUT2D eigenvalue weighted by Gasteiger charge is -2.09. The maximum absolute atomic E-state index is 12.6. The van der Waals surface area contributed by atoms with Crippen LogP contribution < -0.4 is 5.32 Å². The molecule has 2 aromatic carbocycles. The highest BCUT2D eigenvalue weighted by molar-refractivity contribution is 5.98. The van der Waals surface area contributed by atoms with E-state index < -0.39 is 23.4 Å². The standard InChI is InChI=1S/C21H20N4O5/c1-13-8-7-11-17(25(28)29)20(13)22-18(26)12-30-21(27)19-14(2)23-24(15(19)3)16-9-5-4-6-10-16/h4-11H,12H2,1-3H3,(H,22,26). The molecule has 3 rings (SSSR count). The zero-order chi connectivity index (χ0) is 21.8. The first kappa shape index (κ1) is 20.7. The molecule has 9 nitrogen and oxygen atoms in total. The van der Waals surface area contributed by atoms with Crippen molar-refractivity contribution in [2.75, 3.05) is 11.9 Å². The van der Waals surface area contributed by atoms with Gasteiger partial charge in [-0.15, -0.1) is 0 Å². The van der Waals surface area contributed by atoms with E-state index in [1.807, 2.05) is 30.3 Å². The van der Waals surface area contributed by atoms with Crippen molar-refractivity contribution >= 4 is 23.3 Å². The normalized spacial score (nSPS) is 10.5. The van der Waals surface area contributed by atoms with Crippen LogP contribution in [0, 0.1) is 30.9 Å². The van der Waals surface area contributed by atoms with E-state index >= 15 is 0 Å². The molecule has 1 N–H and O–H groups in total. The molecule has 0 spiro atoms. The number of ether oxygens (including phenoxy) is 1. The second-order valence-corrected chi connectivity index (χ2v) is 6.64. The maximum atomic E-state index is 12.6. The molecule has 0 aliphatic heterocycles. The molecule has 0 saturated carbocycles. The van der Waals surface area contributed by atoms with Gasteiger partial charge in [0.1, 0.15) is 11.3 Å². The van der Waals surface area contributed by atoms with Gasteiger partial charge in [0.15, 0.2) is 6.61 Å². The van der Waals surface area contributed by atoms with Gasteiger partial charge in [0, 0.05) is 6.07 Å². The number of carbonyl (C=O) groups excluding carboxylic acids is 2. The summed E-state index contributed by atoms with van der Waals surface area (Å²) in [5, 5.41) is 18.0. The lowest BCUT2D eigenvalue weighted by Crippen LogP contribution is -2.22. The second-order valence-electron chi connectivity index (χ2n) is 6.64. The molecule has 30 heavy (non-hydrogen) atoms. The number of nitrogens with one attached hydrogen (secondary N) is 1. The summed E-state index contributed by atoms with van der Waals surface area (Å²) in [6.07, 6.45) is 0. The molecule has 0 radical (unpaired) electrons. The Kier molecular flexibility index (Phi) is 5.91. The molecule has 3 aromatic rings. The Bertz CT molecular complexity index is 1120. The number of nitro groups is 1. The smallest absolute Gasteiger partial charge is 0.342 e. The van der Waals surface area contributed by atoms with Crippen molar-refractivity contribution in [3.63, 3.8) is 0 Å². The zero-order valence-electron chi connectivity index (χ0n) is 16.7. The molecule has 1 heterocycles. The molecular weight excluding hydrogens is 388 g/mol. The SMILES string of the molecule is Cc1cccc([N+](=O)[O-])c1NC(=O)COC(=O)c1c(C)nn(-c2ccccc2)c1C. The summed E-state index contributed by atoms with van der Waals surface area (Å²) < 4.78 is 6.77. The quantitative estimate of drug-likeness (QED) is 0.379. The van der Waals surface area contributed by atoms with Gasteiger partial charge in [-0.2, -0.15) is 5.10 Å². The van der Waals surface area contributed by atoms with Crippen LogP contribution in [0.2, 0.25) is 0 Å². The van der Waals surface area contributed by atoms with Crippen LogP contribution in [0.1, 0.15) is 27.3 Å². The highest BCUT2D eigenvalue weighted by Crippen LogP contribution is 2.27. The van der Waals surface area contributed by atoms with Crippen LogP contribution in [0.5, 0.6) is 0 Å². The molecular formula is C21H20N4O5. The number of anilines is 1. The third-order valence-corrected chi connectivity index (χ3v) is 4.54. The Morgan fingerprint density at radius 2 is 1.80 bits per heavy atom. The number of aromatic nitrogens is 2. The van der Waals surface area contributed by atoms with E-state index in [-0.39, 0.29) is 16.9 Å². The Balaban J connectivity index is 1.72. The fourth-order valence-corrected chi connectivity index (χ4v) is 3.10. The van der Waals surface area contributed by atoms with Crippen molar-refractivity contribution < 1.29 is 19.2 Å². The van der Waals surface area contributed by atoms with Crippen LogP contribution in [0.4, 0.5) is 11.4 Å². The molecule has 0 bridgehead atoms. The van der Waals surface area contributed by atoms with Crippen LogP contribution in [0.3, 0.4) is 0 Å². The molecule has 0 fully saturated rings. The Morgan fingerprint density at radius 1 is 1.10 bits per heavy atom. The van der Waals surface area contributed by atoms with E-state index in [1.165, 1.54) is 12.1 Å². The summed E-state index contributed by atoms with van der Waals surface area (Å²) in [7, 11) is 0. The Hall–Kier alpha value is -4.01. The summed E-state index contributed by atoms with van der Waals surface area (Å²) in [4.78, 5) is 35.4. The number of hydrogen-bond acceptors (Lipinski definition) is 6. The van der Waals surface area contributed by atoms with Gasteiger partial charge in [0.2, 0.25) is 0 Å². The Morgan fingerprint density at radius 3 is 2.47 bits per heavy atom. The number of aryl methyl sites for hydroxylation is 2. The average molecular weight is 408 g/mol. The van der Waals surface area contributed by atoms with Crippen molar-refractivity contribution in [2.24, 2.45) is 0 Å². The summed E-state index contributed by atoms with van der Waals surface area (Å²) in [5.41, 5.74) is 2.49. The van der Waals surface area contributed by atoms with Gasteiger partial charge >= 0.3 is 5.97 Å². The number of nitro benzene ring substituents is 1. The number of amides is 1. The minimum atomic E-state index is -0.693. The number of para-hydroxylation sites is 2. The van der Waals surface area contributed by atoms with Crippen molar-refractivity contribution in [2.45, 2.75) is 20.8 Å². The molecule has 9 heteroatoms. The molecule has 154 valence electrons. The van der Waals surface area contributed by atoms with Crippen LogP contribution in [-0.4, -0.2) is 33.2 Å². The van der Waals surface area contributed by atoms with E-state index in [2.05, 4.69) is 10.4 Å². The van der Waals surface area contributed by atoms with Gasteiger partial charge in [0.25, 0.3) is 11.6 Å². The highest BCUT2D eigenvalue weighted by Gasteiger charge is 2.23. The van der Waals surface area contributed by atoms with E-state index in [4.69, 9.17) is 4.74 Å². The molecule has 0 aliphatic carbocycles. The van der Waals surface area contributed by atoms with Crippen molar-refractivity contribution in [3.8, 4) is 5.69 Å². The lowest BCUT2D eigenvalue weighted by molar-refractivity contribution is -0.384. The minimum Gasteiger partial charge on any atom is -0.452 e. The zero-order valence-corrected chi connectivity index (χ0v) is 16.7. The fourth-order valence-electron chi connectivity index (χ4n) is 3.10. The Labute approximate surface area is 172 Å². The first-order valence-corrected chi connectivity index (χ1v) is 9.12. The number of carbonyl (C=O) groups is 2. The first-order valence-electron chi connectivity index (χ1n) is 9.12. The predicted octanol–water partition coefficient (Wildman–Crippen LogP) is 3.50. The molecule has 1 aromatic heterocycles. The molecule has 0 atom stereocenters. The lowest BCUT2D eigenvalue weighted by atomic mass is 10.1.